The largest absolute Gasteiger partial charge is 0.456 e. The minimum absolute atomic E-state index is 0.876. The second kappa shape index (κ2) is 16.7. The molecule has 0 aliphatic heterocycles. The van der Waals surface area contributed by atoms with Crippen LogP contribution < -0.4 is 4.90 Å². The lowest BCUT2D eigenvalue weighted by atomic mass is 9.93. The molecular formula is C68H44N2O. The summed E-state index contributed by atoms with van der Waals surface area (Å²) in [7, 11) is 0. The predicted molar refractivity (Wildman–Crippen MR) is 299 cm³/mol. The first kappa shape index (κ1) is 40.6. The number of benzene rings is 12. The molecule has 14 rings (SSSR count). The number of hydrogen-bond acceptors (Lipinski definition) is 2. The highest BCUT2D eigenvalue weighted by Gasteiger charge is 2.20. The fourth-order valence-corrected chi connectivity index (χ4v) is 11.0. The molecule has 0 aliphatic carbocycles. The molecule has 0 aliphatic rings. The third-order valence-corrected chi connectivity index (χ3v) is 14.4. The van der Waals surface area contributed by atoms with Crippen LogP contribution in [0.4, 0.5) is 17.1 Å². The predicted octanol–water partition coefficient (Wildman–Crippen LogP) is 19.1. The van der Waals surface area contributed by atoms with Crippen LogP contribution in [0.15, 0.2) is 271 Å². The van der Waals surface area contributed by atoms with Gasteiger partial charge in [0, 0.05) is 44.2 Å². The van der Waals surface area contributed by atoms with E-state index in [4.69, 9.17) is 4.42 Å². The molecule has 0 amide bonds. The zero-order chi connectivity index (χ0) is 46.8. The number of hydrogen-bond donors (Lipinski definition) is 0. The Morgan fingerprint density at radius 2 is 0.831 bits per heavy atom. The van der Waals surface area contributed by atoms with Crippen molar-refractivity contribution >= 4 is 82.4 Å². The molecule has 0 spiro atoms. The molecule has 3 nitrogen and oxygen atoms in total. The summed E-state index contributed by atoms with van der Waals surface area (Å²) in [4.78, 5) is 2.40. The first-order chi connectivity index (χ1) is 35.2. The van der Waals surface area contributed by atoms with Gasteiger partial charge in [0.1, 0.15) is 11.2 Å². The normalized spacial score (nSPS) is 11.7. The third kappa shape index (κ3) is 6.89. The molecular weight excluding hydrogens is 861 g/mol. The van der Waals surface area contributed by atoms with Crippen LogP contribution in [0.5, 0.6) is 0 Å². The van der Waals surface area contributed by atoms with E-state index in [-0.39, 0.29) is 0 Å². The van der Waals surface area contributed by atoms with Crippen LogP contribution in [0.2, 0.25) is 0 Å². The summed E-state index contributed by atoms with van der Waals surface area (Å²) >= 11 is 0. The number of nitrogens with zero attached hydrogens (tertiary/aromatic N) is 2. The molecule has 0 fully saturated rings. The van der Waals surface area contributed by atoms with Gasteiger partial charge in [-0.3, -0.25) is 0 Å². The van der Waals surface area contributed by atoms with Crippen molar-refractivity contribution < 1.29 is 4.42 Å². The van der Waals surface area contributed by atoms with Crippen LogP contribution in [0, 0.1) is 0 Å². The van der Waals surface area contributed by atoms with Gasteiger partial charge >= 0.3 is 0 Å². The Morgan fingerprint density at radius 1 is 0.282 bits per heavy atom. The van der Waals surface area contributed by atoms with E-state index in [0.29, 0.717) is 0 Å². The molecule has 0 saturated heterocycles. The maximum atomic E-state index is 6.44. The fourth-order valence-electron chi connectivity index (χ4n) is 11.0. The second-order valence-electron chi connectivity index (χ2n) is 18.4. The Kier molecular flexibility index (Phi) is 9.53. The molecule has 14 aromatic rings. The average molecular weight is 905 g/mol. The number of anilines is 3. The van der Waals surface area contributed by atoms with Crippen molar-refractivity contribution in [3.8, 4) is 50.2 Å². The summed E-state index contributed by atoms with van der Waals surface area (Å²) in [5.74, 6) is 0. The van der Waals surface area contributed by atoms with Crippen molar-refractivity contribution in [1.82, 2.24) is 4.57 Å². The van der Waals surface area contributed by atoms with Gasteiger partial charge in [0.2, 0.25) is 0 Å². The molecule has 0 N–H and O–H groups in total. The van der Waals surface area contributed by atoms with Gasteiger partial charge in [-0.25, -0.2) is 0 Å². The van der Waals surface area contributed by atoms with Crippen molar-refractivity contribution in [3.63, 3.8) is 0 Å². The number of rotatable bonds is 8. The molecule has 0 unspecified atom stereocenters. The molecule has 2 heterocycles. The van der Waals surface area contributed by atoms with Crippen molar-refractivity contribution in [2.45, 2.75) is 0 Å². The Labute approximate surface area is 411 Å². The quantitative estimate of drug-likeness (QED) is 0.142. The lowest BCUT2D eigenvalue weighted by Crippen LogP contribution is -2.11. The van der Waals surface area contributed by atoms with Crippen LogP contribution in [0.25, 0.3) is 115 Å². The third-order valence-electron chi connectivity index (χ3n) is 14.4. The SMILES string of the molecule is c1cc(-c2cc3ccccc3c3ccccc23)cc(N(c2ccc(-c3ccc(-c4cccc(-n5c6ccccc6c6ccccc65)c4)cc3)cc2)c2ccccc2-c2ccc3c(c2)oc2ccccc23)c1. The average Bonchev–Trinajstić information content (AvgIpc) is 3.99. The maximum Gasteiger partial charge on any atom is 0.136 e. The lowest BCUT2D eigenvalue weighted by molar-refractivity contribution is 0.669. The van der Waals surface area contributed by atoms with Gasteiger partial charge in [-0.15, -0.1) is 0 Å². The van der Waals surface area contributed by atoms with Gasteiger partial charge in [-0.05, 0) is 139 Å². The van der Waals surface area contributed by atoms with Crippen LogP contribution in [0.1, 0.15) is 0 Å². The summed E-state index contributed by atoms with van der Waals surface area (Å²) in [6.45, 7) is 0. The molecule has 0 radical (unpaired) electrons. The molecule has 12 aromatic carbocycles. The second-order valence-corrected chi connectivity index (χ2v) is 18.4. The number of para-hydroxylation sites is 4. The number of furan rings is 1. The number of fused-ring (bicyclic) bond motifs is 9. The Hall–Kier alpha value is -9.44. The summed E-state index contributed by atoms with van der Waals surface area (Å²) in [6.07, 6.45) is 0. The van der Waals surface area contributed by atoms with E-state index >= 15 is 0 Å². The minimum atomic E-state index is 0.876. The Bertz CT molecular complexity index is 4290. The van der Waals surface area contributed by atoms with Crippen LogP contribution in [-0.4, -0.2) is 4.57 Å². The van der Waals surface area contributed by atoms with E-state index in [1.165, 1.54) is 60.0 Å². The van der Waals surface area contributed by atoms with E-state index in [1.807, 2.05) is 12.1 Å². The summed E-state index contributed by atoms with van der Waals surface area (Å²) < 4.78 is 8.82. The van der Waals surface area contributed by atoms with E-state index in [2.05, 4.69) is 264 Å². The molecule has 71 heavy (non-hydrogen) atoms. The fraction of sp³-hybridized carbons (Fsp3) is 0. The lowest BCUT2D eigenvalue weighted by Gasteiger charge is -2.28. The minimum Gasteiger partial charge on any atom is -0.456 e. The zero-order valence-electron chi connectivity index (χ0n) is 38.7. The highest BCUT2D eigenvalue weighted by atomic mass is 16.3. The van der Waals surface area contributed by atoms with Gasteiger partial charge in [-0.2, -0.15) is 0 Å². The van der Waals surface area contributed by atoms with Gasteiger partial charge in [0.15, 0.2) is 0 Å². The number of aromatic nitrogens is 1. The van der Waals surface area contributed by atoms with E-state index in [9.17, 15) is 0 Å². The maximum absolute atomic E-state index is 6.44. The van der Waals surface area contributed by atoms with Gasteiger partial charge in [0.25, 0.3) is 0 Å². The first-order valence-electron chi connectivity index (χ1n) is 24.3. The molecule has 332 valence electrons. The monoisotopic (exact) mass is 904 g/mol. The van der Waals surface area contributed by atoms with Gasteiger partial charge < -0.3 is 13.9 Å². The molecule has 0 bridgehead atoms. The van der Waals surface area contributed by atoms with Crippen molar-refractivity contribution in [2.75, 3.05) is 4.90 Å². The van der Waals surface area contributed by atoms with Crippen LogP contribution in [0.3, 0.4) is 0 Å². The topological polar surface area (TPSA) is 21.3 Å². The summed E-state index contributed by atoms with van der Waals surface area (Å²) in [5.41, 5.74) is 17.8. The van der Waals surface area contributed by atoms with E-state index in [0.717, 1.165) is 72.5 Å². The van der Waals surface area contributed by atoms with E-state index < -0.39 is 0 Å². The standard InChI is InChI=1S/C68H44N2O/c1-2-20-55-50(15-1)43-63(58-23-4-3-22-57(55)58)49-17-14-18-53(42-49)69(64-27-9-5-21-56(64)51-37-40-62-61-26-8-12-30-67(61)71-68(62)44-51)52-38-35-46(36-39-52)45-31-33-47(34-32-45)48-16-13-19-54(41-48)70-65-28-10-6-24-59(65)60-25-7-11-29-66(60)70/h1-44H. The highest BCUT2D eigenvalue weighted by molar-refractivity contribution is 6.14. The van der Waals surface area contributed by atoms with Gasteiger partial charge in [0.05, 0.1) is 16.7 Å². The van der Waals surface area contributed by atoms with Crippen LogP contribution in [-0.2, 0) is 0 Å². The molecule has 2 aromatic heterocycles. The van der Waals surface area contributed by atoms with Gasteiger partial charge in [-0.1, -0.05) is 188 Å². The van der Waals surface area contributed by atoms with Crippen LogP contribution >= 0.6 is 0 Å². The highest BCUT2D eigenvalue weighted by Crippen LogP contribution is 2.45. The summed E-state index contributed by atoms with van der Waals surface area (Å²) in [5, 5.41) is 9.75. The Balaban J connectivity index is 0.854. The summed E-state index contributed by atoms with van der Waals surface area (Å²) in [6, 6.07) is 96.7. The van der Waals surface area contributed by atoms with Crippen molar-refractivity contribution in [2.24, 2.45) is 0 Å². The molecule has 0 saturated carbocycles. The van der Waals surface area contributed by atoms with Crippen molar-refractivity contribution in [1.29, 1.82) is 0 Å². The Morgan fingerprint density at radius 3 is 1.61 bits per heavy atom. The van der Waals surface area contributed by atoms with Crippen molar-refractivity contribution in [3.05, 3.63) is 267 Å². The first-order valence-corrected chi connectivity index (χ1v) is 24.3. The molecule has 0 atom stereocenters. The smallest absolute Gasteiger partial charge is 0.136 e. The van der Waals surface area contributed by atoms with E-state index in [1.54, 1.807) is 0 Å². The molecule has 3 heteroatoms. The zero-order valence-corrected chi connectivity index (χ0v) is 38.7.